The van der Waals surface area contributed by atoms with E-state index in [-0.39, 0.29) is 44.6 Å². The normalized spacial score (nSPS) is 18.1. The van der Waals surface area contributed by atoms with Crippen LogP contribution in [0.25, 0.3) is 0 Å². The maximum atomic E-state index is 13.1. The number of carbonyl (C=O) groups is 6. The van der Waals surface area contributed by atoms with Crippen molar-refractivity contribution in [1.82, 2.24) is 15.5 Å². The molecule has 1 rings (SSSR count). The second-order valence-corrected chi connectivity index (χ2v) is 8.82. The second-order valence-electron chi connectivity index (χ2n) is 8.82. The lowest BCUT2D eigenvalue weighted by Crippen LogP contribution is -2.57. The zero-order valence-electron chi connectivity index (χ0n) is 19.5. The van der Waals surface area contributed by atoms with E-state index >= 15 is 0 Å². The summed E-state index contributed by atoms with van der Waals surface area (Å²) in [4.78, 5) is 73.2. The molecule has 1 fully saturated rings. The monoisotopic (exact) mass is 485 g/mol. The minimum atomic E-state index is -1.26. The van der Waals surface area contributed by atoms with Crippen LogP contribution in [-0.2, 0) is 28.8 Å². The number of primary amides is 1. The quantitative estimate of drug-likeness (QED) is 0.169. The summed E-state index contributed by atoms with van der Waals surface area (Å²) in [6, 6.07) is -4.47. The van der Waals surface area contributed by atoms with Crippen LogP contribution >= 0.6 is 0 Å². The summed E-state index contributed by atoms with van der Waals surface area (Å²) in [7, 11) is 0. The lowest BCUT2D eigenvalue weighted by molar-refractivity contribution is -0.149. The summed E-state index contributed by atoms with van der Waals surface area (Å²) in [5.41, 5.74) is 10.9. The van der Waals surface area contributed by atoms with E-state index in [0.29, 0.717) is 12.8 Å². The van der Waals surface area contributed by atoms with E-state index in [1.54, 1.807) is 0 Å². The van der Waals surface area contributed by atoms with Crippen molar-refractivity contribution >= 4 is 35.6 Å². The zero-order chi connectivity index (χ0) is 26.0. The van der Waals surface area contributed by atoms with Gasteiger partial charge in [-0.1, -0.05) is 13.8 Å². The van der Waals surface area contributed by atoms with Crippen LogP contribution in [0.2, 0.25) is 0 Å². The lowest BCUT2D eigenvalue weighted by Gasteiger charge is -2.29. The molecule has 13 nitrogen and oxygen atoms in total. The van der Waals surface area contributed by atoms with Crippen molar-refractivity contribution in [3.05, 3.63) is 0 Å². The van der Waals surface area contributed by atoms with Gasteiger partial charge in [0.1, 0.15) is 18.1 Å². The number of rotatable bonds is 14. The SMILES string of the molecule is CC(C)CC(NC(=O)C(CCC(N)=O)NC(=O)C(N)CCC(=O)O)C(=O)N1CCCC1C(=O)O. The molecule has 192 valence electrons. The minimum Gasteiger partial charge on any atom is -0.481 e. The number of likely N-dealkylation sites (tertiary alicyclic amines) is 1. The second kappa shape index (κ2) is 13.5. The predicted molar refractivity (Wildman–Crippen MR) is 119 cm³/mol. The molecule has 4 atom stereocenters. The average molecular weight is 486 g/mol. The zero-order valence-corrected chi connectivity index (χ0v) is 19.5. The molecule has 0 aromatic carbocycles. The number of nitrogens with one attached hydrogen (secondary N) is 2. The van der Waals surface area contributed by atoms with Crippen molar-refractivity contribution in [3.8, 4) is 0 Å². The van der Waals surface area contributed by atoms with Crippen molar-refractivity contribution in [3.63, 3.8) is 0 Å². The number of carboxylic acid groups (broad SMARTS) is 2. The smallest absolute Gasteiger partial charge is 0.326 e. The molecule has 8 N–H and O–H groups in total. The number of amides is 4. The van der Waals surface area contributed by atoms with Crippen molar-refractivity contribution in [2.24, 2.45) is 17.4 Å². The van der Waals surface area contributed by atoms with E-state index in [9.17, 15) is 33.9 Å². The fraction of sp³-hybridized carbons (Fsp3) is 0.714. The molecule has 0 saturated carbocycles. The summed E-state index contributed by atoms with van der Waals surface area (Å²) in [5, 5.41) is 23.1. The fourth-order valence-corrected chi connectivity index (χ4v) is 3.70. The molecule has 4 amide bonds. The fourth-order valence-electron chi connectivity index (χ4n) is 3.70. The number of nitrogens with two attached hydrogens (primary N) is 2. The van der Waals surface area contributed by atoms with Crippen LogP contribution in [0.3, 0.4) is 0 Å². The Kier molecular flexibility index (Phi) is 11.4. The van der Waals surface area contributed by atoms with Gasteiger partial charge in [-0.15, -0.1) is 0 Å². The molecule has 0 spiro atoms. The Morgan fingerprint density at radius 3 is 2.12 bits per heavy atom. The van der Waals surface area contributed by atoms with E-state index in [1.807, 2.05) is 13.8 Å². The van der Waals surface area contributed by atoms with Crippen molar-refractivity contribution in [2.75, 3.05) is 6.54 Å². The van der Waals surface area contributed by atoms with Crippen LogP contribution in [0.4, 0.5) is 0 Å². The Labute approximate surface area is 197 Å². The molecule has 0 aromatic rings. The Bertz CT molecular complexity index is 787. The van der Waals surface area contributed by atoms with Gasteiger partial charge in [-0.25, -0.2) is 4.79 Å². The van der Waals surface area contributed by atoms with Gasteiger partial charge in [0.15, 0.2) is 0 Å². The highest BCUT2D eigenvalue weighted by Crippen LogP contribution is 2.20. The number of hydrogen-bond donors (Lipinski definition) is 6. The van der Waals surface area contributed by atoms with Crippen molar-refractivity contribution in [2.45, 2.75) is 83.0 Å². The van der Waals surface area contributed by atoms with Gasteiger partial charge in [-0.2, -0.15) is 0 Å². The molecule has 0 aliphatic carbocycles. The van der Waals surface area contributed by atoms with E-state index in [2.05, 4.69) is 10.6 Å². The summed E-state index contributed by atoms with van der Waals surface area (Å²) in [6.07, 6.45) is 0.151. The molecule has 0 bridgehead atoms. The van der Waals surface area contributed by atoms with Gasteiger partial charge in [0.2, 0.25) is 23.6 Å². The molecular weight excluding hydrogens is 450 g/mol. The Hall–Kier alpha value is -3.22. The molecule has 1 aliphatic heterocycles. The van der Waals surface area contributed by atoms with Crippen LogP contribution < -0.4 is 22.1 Å². The summed E-state index contributed by atoms with van der Waals surface area (Å²) in [6.45, 7) is 3.92. The molecule has 13 heteroatoms. The van der Waals surface area contributed by atoms with E-state index in [1.165, 1.54) is 4.90 Å². The molecule has 0 aromatic heterocycles. The van der Waals surface area contributed by atoms with Gasteiger partial charge >= 0.3 is 11.9 Å². The van der Waals surface area contributed by atoms with Gasteiger partial charge in [-0.05, 0) is 38.0 Å². The average Bonchev–Trinajstić information content (AvgIpc) is 3.23. The molecule has 1 heterocycles. The maximum absolute atomic E-state index is 13.1. The minimum absolute atomic E-state index is 0.0248. The van der Waals surface area contributed by atoms with E-state index < -0.39 is 59.7 Å². The Morgan fingerprint density at radius 2 is 1.59 bits per heavy atom. The molecule has 1 saturated heterocycles. The van der Waals surface area contributed by atoms with E-state index in [4.69, 9.17) is 16.6 Å². The number of nitrogens with zero attached hydrogens (tertiary/aromatic N) is 1. The maximum Gasteiger partial charge on any atom is 0.326 e. The van der Waals surface area contributed by atoms with E-state index in [0.717, 1.165) is 0 Å². The number of carboxylic acids is 2. The van der Waals surface area contributed by atoms with Gasteiger partial charge in [0, 0.05) is 19.4 Å². The Morgan fingerprint density at radius 1 is 0.971 bits per heavy atom. The number of hydrogen-bond acceptors (Lipinski definition) is 7. The van der Waals surface area contributed by atoms with Crippen LogP contribution in [0.5, 0.6) is 0 Å². The standard InChI is InChI=1S/C21H35N5O8/c1-11(2)10-14(20(32)26-9-3-4-15(26)21(33)34)25-19(31)13(6-7-16(23)27)24-18(30)12(22)5-8-17(28)29/h11-15H,3-10,22H2,1-2H3,(H2,23,27)(H,24,30)(H,25,31)(H,28,29)(H,33,34). The molecule has 0 radical (unpaired) electrons. The molecule has 34 heavy (non-hydrogen) atoms. The first-order valence-electron chi connectivity index (χ1n) is 11.2. The highest BCUT2D eigenvalue weighted by atomic mass is 16.4. The van der Waals surface area contributed by atoms with Gasteiger partial charge in [-0.3, -0.25) is 24.0 Å². The highest BCUT2D eigenvalue weighted by molar-refractivity contribution is 5.94. The largest absolute Gasteiger partial charge is 0.481 e. The topological polar surface area (TPSA) is 222 Å². The first-order chi connectivity index (χ1) is 15.8. The Balaban J connectivity index is 2.99. The number of aliphatic carboxylic acids is 2. The number of carbonyl (C=O) groups excluding carboxylic acids is 4. The van der Waals surface area contributed by atoms with Crippen LogP contribution in [0.15, 0.2) is 0 Å². The van der Waals surface area contributed by atoms with Crippen molar-refractivity contribution in [1.29, 1.82) is 0 Å². The van der Waals surface area contributed by atoms with Crippen LogP contribution in [-0.4, -0.2) is 81.4 Å². The summed E-state index contributed by atoms with van der Waals surface area (Å²) < 4.78 is 0. The van der Waals surface area contributed by atoms with Crippen molar-refractivity contribution < 1.29 is 39.0 Å². The van der Waals surface area contributed by atoms with Gasteiger partial charge in [0.05, 0.1) is 6.04 Å². The van der Waals surface area contributed by atoms with Gasteiger partial charge < -0.3 is 37.2 Å². The molecule has 4 unspecified atom stereocenters. The highest BCUT2D eigenvalue weighted by Gasteiger charge is 2.38. The first-order valence-corrected chi connectivity index (χ1v) is 11.2. The first kappa shape index (κ1) is 28.8. The third-order valence-corrected chi connectivity index (χ3v) is 5.46. The third kappa shape index (κ3) is 9.33. The summed E-state index contributed by atoms with van der Waals surface area (Å²) in [5.74, 6) is -5.08. The molecule has 1 aliphatic rings. The van der Waals surface area contributed by atoms with Crippen LogP contribution in [0.1, 0.15) is 58.8 Å². The predicted octanol–water partition coefficient (Wildman–Crippen LogP) is -1.46. The third-order valence-electron chi connectivity index (χ3n) is 5.46. The van der Waals surface area contributed by atoms with Crippen LogP contribution in [0, 0.1) is 5.92 Å². The van der Waals surface area contributed by atoms with Gasteiger partial charge in [0.25, 0.3) is 0 Å². The molecular formula is C21H35N5O8. The summed E-state index contributed by atoms with van der Waals surface area (Å²) >= 11 is 0. The lowest BCUT2D eigenvalue weighted by atomic mass is 10.0.